The molecular formula is C16H27IN4O2. The molecule has 1 aromatic rings. The molecule has 6 nitrogen and oxygen atoms in total. The van der Waals surface area contributed by atoms with Crippen molar-refractivity contribution in [3.63, 3.8) is 0 Å². The minimum atomic E-state index is 0. The van der Waals surface area contributed by atoms with Gasteiger partial charge in [0.05, 0.1) is 12.6 Å². The van der Waals surface area contributed by atoms with E-state index in [2.05, 4.69) is 41.1 Å². The lowest BCUT2D eigenvalue weighted by atomic mass is 9.57. The predicted molar refractivity (Wildman–Crippen MR) is 99.9 cm³/mol. The third-order valence-electron chi connectivity index (χ3n) is 4.94. The summed E-state index contributed by atoms with van der Waals surface area (Å²) in [6.07, 6.45) is 3.12. The summed E-state index contributed by atoms with van der Waals surface area (Å²) in [5.41, 5.74) is 1.05. The topological polar surface area (TPSA) is 62.9 Å². The zero-order valence-corrected chi connectivity index (χ0v) is 16.6. The molecule has 1 saturated heterocycles. The van der Waals surface area contributed by atoms with Crippen LogP contribution in [0.1, 0.15) is 32.9 Å². The molecule has 130 valence electrons. The Balaban J connectivity index is 0.00000192. The van der Waals surface area contributed by atoms with Gasteiger partial charge in [-0.25, -0.2) is 0 Å². The zero-order chi connectivity index (χ0) is 15.7. The summed E-state index contributed by atoms with van der Waals surface area (Å²) in [5.74, 6) is 1.52. The lowest BCUT2D eigenvalue weighted by Gasteiger charge is -2.55. The van der Waals surface area contributed by atoms with Gasteiger partial charge in [0.15, 0.2) is 5.96 Å². The summed E-state index contributed by atoms with van der Waals surface area (Å²) in [4.78, 5) is 6.74. The van der Waals surface area contributed by atoms with Gasteiger partial charge in [-0.1, -0.05) is 19.0 Å². The van der Waals surface area contributed by atoms with E-state index in [0.717, 1.165) is 31.2 Å². The number of aliphatic imine (C=N–C) groups is 1. The summed E-state index contributed by atoms with van der Waals surface area (Å²) < 4.78 is 10.8. The molecule has 1 N–H and O–H groups in total. The van der Waals surface area contributed by atoms with Crippen LogP contribution in [0.3, 0.4) is 0 Å². The van der Waals surface area contributed by atoms with Crippen molar-refractivity contribution in [1.82, 2.24) is 15.4 Å². The highest BCUT2D eigenvalue weighted by atomic mass is 127. The fourth-order valence-corrected chi connectivity index (χ4v) is 3.82. The van der Waals surface area contributed by atoms with Crippen LogP contribution in [0.2, 0.25) is 0 Å². The highest BCUT2D eigenvalue weighted by Crippen LogP contribution is 2.52. The Morgan fingerprint density at radius 3 is 2.96 bits per heavy atom. The van der Waals surface area contributed by atoms with Crippen LogP contribution in [-0.2, 0) is 11.3 Å². The molecule has 7 heteroatoms. The van der Waals surface area contributed by atoms with Crippen LogP contribution in [0.15, 0.2) is 21.8 Å². The molecule has 2 heterocycles. The Morgan fingerprint density at radius 2 is 2.30 bits per heavy atom. The van der Waals surface area contributed by atoms with Crippen LogP contribution in [0, 0.1) is 11.3 Å². The average Bonchev–Trinajstić information content (AvgIpc) is 3.13. The quantitative estimate of drug-likeness (QED) is 0.448. The fourth-order valence-electron chi connectivity index (χ4n) is 3.82. The van der Waals surface area contributed by atoms with E-state index in [-0.39, 0.29) is 29.4 Å². The van der Waals surface area contributed by atoms with Crippen molar-refractivity contribution in [3.05, 3.63) is 18.0 Å². The van der Waals surface area contributed by atoms with Gasteiger partial charge in [-0.05, 0) is 13.3 Å². The first-order valence-electron chi connectivity index (χ1n) is 8.07. The van der Waals surface area contributed by atoms with Crippen molar-refractivity contribution < 1.29 is 9.26 Å². The van der Waals surface area contributed by atoms with Crippen molar-refractivity contribution in [3.8, 4) is 0 Å². The van der Waals surface area contributed by atoms with Crippen LogP contribution in [-0.4, -0.2) is 48.4 Å². The summed E-state index contributed by atoms with van der Waals surface area (Å²) in [6.45, 7) is 8.92. The SMILES string of the molecule is CCN=C(NC1C2CCOC2C1(C)C)N(C)Cc1ccon1.I. The summed E-state index contributed by atoms with van der Waals surface area (Å²) >= 11 is 0. The molecule has 1 saturated carbocycles. The van der Waals surface area contributed by atoms with Crippen molar-refractivity contribution >= 4 is 29.9 Å². The summed E-state index contributed by atoms with van der Waals surface area (Å²) in [6, 6.07) is 2.29. The third-order valence-corrected chi connectivity index (χ3v) is 4.94. The monoisotopic (exact) mass is 434 g/mol. The van der Waals surface area contributed by atoms with Crippen LogP contribution >= 0.6 is 24.0 Å². The van der Waals surface area contributed by atoms with Crippen molar-refractivity contribution in [2.45, 2.75) is 45.9 Å². The molecule has 3 unspecified atom stereocenters. The van der Waals surface area contributed by atoms with E-state index in [1.165, 1.54) is 0 Å². The number of nitrogens with zero attached hydrogens (tertiary/aromatic N) is 3. The molecule has 0 radical (unpaired) electrons. The van der Waals surface area contributed by atoms with Crippen LogP contribution < -0.4 is 5.32 Å². The Morgan fingerprint density at radius 1 is 1.52 bits per heavy atom. The van der Waals surface area contributed by atoms with E-state index >= 15 is 0 Å². The number of rotatable bonds is 4. The second-order valence-corrected chi connectivity index (χ2v) is 6.83. The minimum absolute atomic E-state index is 0. The molecule has 0 aromatic carbocycles. The Bertz CT molecular complexity index is 532. The van der Waals surface area contributed by atoms with Gasteiger partial charge < -0.3 is 19.5 Å². The van der Waals surface area contributed by atoms with Gasteiger partial charge in [-0.3, -0.25) is 4.99 Å². The number of guanidine groups is 1. The van der Waals surface area contributed by atoms with Crippen LogP contribution in [0.25, 0.3) is 0 Å². The molecule has 0 bridgehead atoms. The molecule has 1 aliphatic heterocycles. The van der Waals surface area contributed by atoms with Crippen molar-refractivity contribution in [2.24, 2.45) is 16.3 Å². The molecular weight excluding hydrogens is 407 g/mol. The van der Waals surface area contributed by atoms with E-state index in [0.29, 0.717) is 24.6 Å². The molecule has 1 aromatic heterocycles. The maximum absolute atomic E-state index is 5.87. The van der Waals surface area contributed by atoms with Crippen LogP contribution in [0.4, 0.5) is 0 Å². The molecule has 0 amide bonds. The second-order valence-electron chi connectivity index (χ2n) is 6.83. The molecule has 23 heavy (non-hydrogen) atoms. The van der Waals surface area contributed by atoms with E-state index in [4.69, 9.17) is 9.26 Å². The molecule has 2 fully saturated rings. The fraction of sp³-hybridized carbons (Fsp3) is 0.750. The normalized spacial score (nSPS) is 28.5. The first-order chi connectivity index (χ1) is 10.5. The Kier molecular flexibility index (Phi) is 5.94. The highest BCUT2D eigenvalue weighted by Gasteiger charge is 2.59. The number of halogens is 1. The minimum Gasteiger partial charge on any atom is -0.377 e. The van der Waals surface area contributed by atoms with E-state index in [1.54, 1.807) is 6.26 Å². The first kappa shape index (κ1) is 18.5. The third kappa shape index (κ3) is 3.50. The lowest BCUT2D eigenvalue weighted by molar-refractivity contribution is -0.107. The number of hydrogen-bond acceptors (Lipinski definition) is 4. The Labute approximate surface area is 155 Å². The smallest absolute Gasteiger partial charge is 0.194 e. The standard InChI is InChI=1S/C16H26N4O2.HI/c1-5-17-15(20(4)10-11-6-9-22-19-11)18-13-12-7-8-21-14(12)16(13,2)3;/h6,9,12-14H,5,7-8,10H2,1-4H3,(H,17,18);1H. The van der Waals surface area contributed by atoms with E-state index < -0.39 is 0 Å². The summed E-state index contributed by atoms with van der Waals surface area (Å²) in [5, 5.41) is 7.64. The number of aromatic nitrogens is 1. The van der Waals surface area contributed by atoms with Gasteiger partial charge in [0.2, 0.25) is 0 Å². The van der Waals surface area contributed by atoms with Gasteiger partial charge >= 0.3 is 0 Å². The molecule has 3 atom stereocenters. The molecule has 3 rings (SSSR count). The van der Waals surface area contributed by atoms with Gasteiger partial charge in [0.25, 0.3) is 0 Å². The highest BCUT2D eigenvalue weighted by molar-refractivity contribution is 14.0. The number of fused-ring (bicyclic) bond motifs is 1. The molecule has 0 spiro atoms. The average molecular weight is 434 g/mol. The maximum Gasteiger partial charge on any atom is 0.194 e. The first-order valence-corrected chi connectivity index (χ1v) is 8.07. The number of ether oxygens (including phenoxy) is 1. The number of hydrogen-bond donors (Lipinski definition) is 1. The largest absolute Gasteiger partial charge is 0.377 e. The van der Waals surface area contributed by atoms with Gasteiger partial charge in [0, 0.05) is 43.6 Å². The van der Waals surface area contributed by atoms with E-state index in [1.807, 2.05) is 13.1 Å². The lowest BCUT2D eigenvalue weighted by Crippen LogP contribution is -2.67. The molecule has 1 aliphatic carbocycles. The van der Waals surface area contributed by atoms with Gasteiger partial charge in [-0.2, -0.15) is 0 Å². The second kappa shape index (κ2) is 7.38. The maximum atomic E-state index is 5.87. The van der Waals surface area contributed by atoms with Crippen molar-refractivity contribution in [2.75, 3.05) is 20.2 Å². The van der Waals surface area contributed by atoms with Crippen molar-refractivity contribution in [1.29, 1.82) is 0 Å². The van der Waals surface area contributed by atoms with E-state index in [9.17, 15) is 0 Å². The van der Waals surface area contributed by atoms with Crippen LogP contribution in [0.5, 0.6) is 0 Å². The predicted octanol–water partition coefficient (Wildman–Crippen LogP) is 2.50. The van der Waals surface area contributed by atoms with Gasteiger partial charge in [-0.15, -0.1) is 24.0 Å². The van der Waals surface area contributed by atoms with Gasteiger partial charge in [0.1, 0.15) is 12.0 Å². The number of nitrogens with one attached hydrogen (secondary N) is 1. The molecule has 2 aliphatic rings. The zero-order valence-electron chi connectivity index (χ0n) is 14.3. The summed E-state index contributed by atoms with van der Waals surface area (Å²) in [7, 11) is 2.03. The Hall–Kier alpha value is -0.830.